The molecule has 0 aliphatic carbocycles. The molecular weight excluding hydrogens is 426 g/mol. The molecule has 2 rings (SSSR count). The molecule has 1 N–H and O–H groups in total. The van der Waals surface area contributed by atoms with Crippen LogP contribution in [-0.2, 0) is 4.74 Å². The minimum Gasteiger partial charge on any atom is -0.381 e. The highest BCUT2D eigenvalue weighted by Gasteiger charge is 2.31. The zero-order chi connectivity index (χ0) is 13.3. The van der Waals surface area contributed by atoms with E-state index in [1.807, 2.05) is 12.1 Å². The molecule has 1 aromatic carbocycles. The summed E-state index contributed by atoms with van der Waals surface area (Å²) in [7, 11) is 0. The predicted molar refractivity (Wildman–Crippen MR) is 86.2 cm³/mol. The molecule has 0 amide bonds. The van der Waals surface area contributed by atoms with E-state index in [1.54, 1.807) is 0 Å². The summed E-state index contributed by atoms with van der Waals surface area (Å²) in [6.45, 7) is 5.14. The van der Waals surface area contributed by atoms with Gasteiger partial charge in [-0.15, -0.1) is 0 Å². The number of nitrogens with one attached hydrogen (secondary N) is 1. The Kier molecular flexibility index (Phi) is 4.79. The summed E-state index contributed by atoms with van der Waals surface area (Å²) in [5.41, 5.74) is 1.10. The van der Waals surface area contributed by atoms with Gasteiger partial charge in [0.1, 0.15) is 0 Å². The van der Waals surface area contributed by atoms with Crippen LogP contribution in [0.1, 0.15) is 26.7 Å². The van der Waals surface area contributed by atoms with E-state index in [9.17, 15) is 0 Å². The first-order valence-electron chi connectivity index (χ1n) is 5.94. The van der Waals surface area contributed by atoms with Crippen molar-refractivity contribution in [3.8, 4) is 0 Å². The Balaban J connectivity index is 1.99. The molecule has 0 aromatic heterocycles. The van der Waals surface area contributed by atoms with Crippen LogP contribution in [0.15, 0.2) is 25.6 Å². The van der Waals surface area contributed by atoms with Crippen LogP contribution in [0.5, 0.6) is 0 Å². The van der Waals surface area contributed by atoms with Gasteiger partial charge in [0.05, 0.1) is 17.4 Å². The van der Waals surface area contributed by atoms with Crippen LogP contribution in [0.2, 0.25) is 0 Å². The van der Waals surface area contributed by atoms with Crippen LogP contribution in [0.25, 0.3) is 0 Å². The molecule has 5 heteroatoms. The average molecular weight is 442 g/mol. The number of ether oxygens (including phenoxy) is 1. The third-order valence-electron chi connectivity index (χ3n) is 3.07. The lowest BCUT2D eigenvalue weighted by molar-refractivity contribution is -0.00911. The van der Waals surface area contributed by atoms with Gasteiger partial charge in [-0.05, 0) is 70.7 Å². The van der Waals surface area contributed by atoms with Gasteiger partial charge < -0.3 is 10.1 Å². The maximum atomic E-state index is 5.97. The highest BCUT2D eigenvalue weighted by atomic mass is 79.9. The van der Waals surface area contributed by atoms with Crippen molar-refractivity contribution in [2.75, 3.05) is 11.9 Å². The highest BCUT2D eigenvalue weighted by molar-refractivity contribution is 9.11. The lowest BCUT2D eigenvalue weighted by atomic mass is 10.1. The summed E-state index contributed by atoms with van der Waals surface area (Å²) in [6.07, 6.45) is 2.54. The molecule has 1 fully saturated rings. The standard InChI is InChI=1S/C13H16Br3NO/c1-13(2)4-3-9(18-13)7-17-12-10(15)5-8(14)6-11(12)16/h5-6,9,17H,3-4,7H2,1-2H3. The third-order valence-corrected chi connectivity index (χ3v) is 4.78. The lowest BCUT2D eigenvalue weighted by Crippen LogP contribution is -2.25. The van der Waals surface area contributed by atoms with Gasteiger partial charge in [0.15, 0.2) is 0 Å². The lowest BCUT2D eigenvalue weighted by Gasteiger charge is -2.20. The minimum atomic E-state index is 0.0283. The highest BCUT2D eigenvalue weighted by Crippen LogP contribution is 2.35. The van der Waals surface area contributed by atoms with Gasteiger partial charge in [-0.25, -0.2) is 0 Å². The number of benzene rings is 1. The zero-order valence-electron chi connectivity index (χ0n) is 10.4. The Morgan fingerprint density at radius 1 is 1.28 bits per heavy atom. The van der Waals surface area contributed by atoms with Crippen molar-refractivity contribution in [3.05, 3.63) is 25.6 Å². The van der Waals surface area contributed by atoms with Crippen LogP contribution < -0.4 is 5.32 Å². The fourth-order valence-corrected chi connectivity index (χ4v) is 4.69. The molecule has 1 atom stereocenters. The van der Waals surface area contributed by atoms with Crippen molar-refractivity contribution in [1.29, 1.82) is 0 Å². The third kappa shape index (κ3) is 3.71. The summed E-state index contributed by atoms with van der Waals surface area (Å²) in [5.74, 6) is 0. The molecule has 100 valence electrons. The molecule has 0 radical (unpaired) electrons. The number of halogens is 3. The van der Waals surface area contributed by atoms with Gasteiger partial charge >= 0.3 is 0 Å². The minimum absolute atomic E-state index is 0.0283. The smallest absolute Gasteiger partial charge is 0.0755 e. The number of rotatable bonds is 3. The van der Waals surface area contributed by atoms with E-state index in [1.165, 1.54) is 0 Å². The van der Waals surface area contributed by atoms with E-state index in [0.29, 0.717) is 6.10 Å². The van der Waals surface area contributed by atoms with Gasteiger partial charge in [-0.2, -0.15) is 0 Å². The Morgan fingerprint density at radius 3 is 2.39 bits per heavy atom. The molecule has 1 unspecified atom stereocenters. The molecular formula is C13H16Br3NO. The SMILES string of the molecule is CC1(C)CCC(CNc2c(Br)cc(Br)cc2Br)O1. The summed E-state index contributed by atoms with van der Waals surface area (Å²) >= 11 is 10.6. The zero-order valence-corrected chi connectivity index (χ0v) is 15.2. The monoisotopic (exact) mass is 439 g/mol. The van der Waals surface area contributed by atoms with Crippen LogP contribution in [0, 0.1) is 0 Å². The van der Waals surface area contributed by atoms with Crippen molar-refractivity contribution in [2.45, 2.75) is 38.4 Å². The molecule has 1 aromatic rings. The van der Waals surface area contributed by atoms with Crippen LogP contribution in [0.3, 0.4) is 0 Å². The van der Waals surface area contributed by atoms with Crippen molar-refractivity contribution in [3.63, 3.8) is 0 Å². The normalized spacial score (nSPS) is 22.2. The van der Waals surface area contributed by atoms with Crippen LogP contribution >= 0.6 is 47.8 Å². The first-order valence-corrected chi connectivity index (χ1v) is 8.31. The topological polar surface area (TPSA) is 21.3 Å². The van der Waals surface area contributed by atoms with E-state index >= 15 is 0 Å². The predicted octanol–water partition coefficient (Wildman–Crippen LogP) is 5.34. The van der Waals surface area contributed by atoms with Gasteiger partial charge in [-0.3, -0.25) is 0 Å². The second-order valence-electron chi connectivity index (χ2n) is 5.16. The molecule has 18 heavy (non-hydrogen) atoms. The van der Waals surface area contributed by atoms with E-state index in [-0.39, 0.29) is 5.60 Å². The van der Waals surface area contributed by atoms with Gasteiger partial charge in [0, 0.05) is 20.0 Å². The van der Waals surface area contributed by atoms with E-state index < -0.39 is 0 Å². The van der Waals surface area contributed by atoms with Gasteiger partial charge in [-0.1, -0.05) is 15.9 Å². The Morgan fingerprint density at radius 2 is 1.89 bits per heavy atom. The molecule has 2 nitrogen and oxygen atoms in total. The Bertz CT molecular complexity index is 425. The maximum absolute atomic E-state index is 5.97. The first kappa shape index (κ1) is 14.8. The molecule has 0 spiro atoms. The quantitative estimate of drug-likeness (QED) is 0.683. The van der Waals surface area contributed by atoms with Crippen molar-refractivity contribution < 1.29 is 4.74 Å². The van der Waals surface area contributed by atoms with Crippen molar-refractivity contribution in [2.24, 2.45) is 0 Å². The molecule has 0 bridgehead atoms. The van der Waals surface area contributed by atoms with E-state index in [2.05, 4.69) is 67.0 Å². The summed E-state index contributed by atoms with van der Waals surface area (Å²) in [4.78, 5) is 0. The number of hydrogen-bond donors (Lipinski definition) is 1. The Labute approximate surface area is 133 Å². The van der Waals surface area contributed by atoms with Gasteiger partial charge in [0.25, 0.3) is 0 Å². The maximum Gasteiger partial charge on any atom is 0.0755 e. The van der Waals surface area contributed by atoms with E-state index in [0.717, 1.165) is 38.5 Å². The van der Waals surface area contributed by atoms with Crippen molar-refractivity contribution in [1.82, 2.24) is 0 Å². The summed E-state index contributed by atoms with van der Waals surface area (Å²) in [6, 6.07) is 4.07. The largest absolute Gasteiger partial charge is 0.381 e. The Hall–Kier alpha value is 0.420. The fraction of sp³-hybridized carbons (Fsp3) is 0.538. The van der Waals surface area contributed by atoms with Gasteiger partial charge in [0.2, 0.25) is 0 Å². The van der Waals surface area contributed by atoms with Crippen LogP contribution in [0.4, 0.5) is 5.69 Å². The van der Waals surface area contributed by atoms with Crippen LogP contribution in [-0.4, -0.2) is 18.2 Å². The molecule has 1 aliphatic rings. The number of anilines is 1. The number of hydrogen-bond acceptors (Lipinski definition) is 2. The molecule has 1 aliphatic heterocycles. The second kappa shape index (κ2) is 5.81. The van der Waals surface area contributed by atoms with Crippen molar-refractivity contribution >= 4 is 53.5 Å². The average Bonchev–Trinajstić information content (AvgIpc) is 2.56. The molecule has 1 saturated heterocycles. The summed E-state index contributed by atoms with van der Waals surface area (Å²) < 4.78 is 9.10. The van der Waals surface area contributed by atoms with E-state index in [4.69, 9.17) is 4.74 Å². The molecule has 0 saturated carbocycles. The second-order valence-corrected chi connectivity index (χ2v) is 7.79. The summed E-state index contributed by atoms with van der Waals surface area (Å²) in [5, 5.41) is 3.45. The fourth-order valence-electron chi connectivity index (χ4n) is 2.15. The molecule has 1 heterocycles. The first-order chi connectivity index (χ1) is 8.37.